The normalized spacial score (nSPS) is 28.0. The fraction of sp³-hybridized carbons (Fsp3) is 0.588. The minimum atomic E-state index is -0.855. The molecule has 0 heterocycles. The molecular formula is C17H24FNO2. The third-order valence-electron chi connectivity index (χ3n) is 4.68. The Hall–Kier alpha value is -1.58. The van der Waals surface area contributed by atoms with Crippen molar-refractivity contribution in [2.75, 3.05) is 12.4 Å². The van der Waals surface area contributed by atoms with Gasteiger partial charge in [-0.1, -0.05) is 32.9 Å². The van der Waals surface area contributed by atoms with E-state index in [2.05, 4.69) is 19.2 Å². The van der Waals surface area contributed by atoms with Crippen molar-refractivity contribution in [1.82, 2.24) is 0 Å². The maximum atomic E-state index is 13.9. The SMILES string of the molecule is COC(=O)C1(Nc2ccccc2F)CCC(C)(C)CC1C. The quantitative estimate of drug-likeness (QED) is 0.856. The van der Waals surface area contributed by atoms with Crippen LogP contribution in [0.25, 0.3) is 0 Å². The molecule has 1 fully saturated rings. The van der Waals surface area contributed by atoms with Crippen LogP contribution in [0.15, 0.2) is 24.3 Å². The number of carbonyl (C=O) groups excluding carboxylic acids is 1. The van der Waals surface area contributed by atoms with Crippen LogP contribution in [0.4, 0.5) is 10.1 Å². The number of anilines is 1. The second-order valence-electron chi connectivity index (χ2n) is 6.84. The average molecular weight is 293 g/mol. The third kappa shape index (κ3) is 3.04. The Morgan fingerprint density at radius 3 is 2.57 bits per heavy atom. The molecule has 116 valence electrons. The first-order chi connectivity index (χ1) is 9.81. The highest BCUT2D eigenvalue weighted by atomic mass is 19.1. The largest absolute Gasteiger partial charge is 0.467 e. The fourth-order valence-electron chi connectivity index (χ4n) is 3.41. The first-order valence-electron chi connectivity index (χ1n) is 7.42. The van der Waals surface area contributed by atoms with Crippen LogP contribution in [0.3, 0.4) is 0 Å². The van der Waals surface area contributed by atoms with Crippen LogP contribution in [0.2, 0.25) is 0 Å². The Kier molecular flexibility index (Phi) is 4.26. The van der Waals surface area contributed by atoms with Gasteiger partial charge in [0.05, 0.1) is 12.8 Å². The van der Waals surface area contributed by atoms with Crippen molar-refractivity contribution in [3.8, 4) is 0 Å². The molecule has 0 amide bonds. The Balaban J connectivity index is 2.35. The van der Waals surface area contributed by atoms with E-state index < -0.39 is 5.54 Å². The molecule has 0 saturated heterocycles. The number of ether oxygens (including phenoxy) is 1. The summed E-state index contributed by atoms with van der Waals surface area (Å²) in [5.74, 6) is -0.597. The van der Waals surface area contributed by atoms with E-state index in [1.165, 1.54) is 13.2 Å². The number of para-hydroxylation sites is 1. The summed E-state index contributed by atoms with van der Waals surface area (Å²) in [6.45, 7) is 6.44. The molecule has 0 bridgehead atoms. The summed E-state index contributed by atoms with van der Waals surface area (Å²) >= 11 is 0. The van der Waals surface area contributed by atoms with Crippen LogP contribution in [-0.2, 0) is 9.53 Å². The molecule has 2 rings (SSSR count). The first-order valence-corrected chi connectivity index (χ1v) is 7.42. The van der Waals surface area contributed by atoms with Crippen molar-refractivity contribution in [2.45, 2.75) is 45.6 Å². The maximum Gasteiger partial charge on any atom is 0.331 e. The van der Waals surface area contributed by atoms with E-state index >= 15 is 0 Å². The number of halogens is 1. The van der Waals surface area contributed by atoms with Gasteiger partial charge >= 0.3 is 5.97 Å². The van der Waals surface area contributed by atoms with Gasteiger partial charge < -0.3 is 10.1 Å². The maximum absolute atomic E-state index is 13.9. The minimum absolute atomic E-state index is 0.0632. The van der Waals surface area contributed by atoms with Gasteiger partial charge in [0, 0.05) is 0 Å². The summed E-state index contributed by atoms with van der Waals surface area (Å²) in [6.07, 6.45) is 2.43. The van der Waals surface area contributed by atoms with Crippen LogP contribution in [0.5, 0.6) is 0 Å². The number of hydrogen-bond donors (Lipinski definition) is 1. The fourth-order valence-corrected chi connectivity index (χ4v) is 3.41. The zero-order valence-corrected chi connectivity index (χ0v) is 13.2. The minimum Gasteiger partial charge on any atom is -0.467 e. The Labute approximate surface area is 125 Å². The van der Waals surface area contributed by atoms with Crippen LogP contribution < -0.4 is 5.32 Å². The molecule has 0 aliphatic heterocycles. The molecule has 2 unspecified atom stereocenters. The van der Waals surface area contributed by atoms with Gasteiger partial charge in [-0.15, -0.1) is 0 Å². The molecule has 21 heavy (non-hydrogen) atoms. The second-order valence-corrected chi connectivity index (χ2v) is 6.84. The van der Waals surface area contributed by atoms with Crippen molar-refractivity contribution in [3.63, 3.8) is 0 Å². The number of nitrogens with one attached hydrogen (secondary N) is 1. The van der Waals surface area contributed by atoms with E-state index in [9.17, 15) is 9.18 Å². The number of methoxy groups -OCH3 is 1. The number of benzene rings is 1. The van der Waals surface area contributed by atoms with Gasteiger partial charge in [0.25, 0.3) is 0 Å². The lowest BCUT2D eigenvalue weighted by atomic mass is 9.63. The summed E-state index contributed by atoms with van der Waals surface area (Å²) in [5, 5.41) is 3.15. The monoisotopic (exact) mass is 293 g/mol. The summed E-state index contributed by atoms with van der Waals surface area (Å²) in [6, 6.07) is 6.45. The van der Waals surface area contributed by atoms with Crippen molar-refractivity contribution < 1.29 is 13.9 Å². The predicted molar refractivity (Wildman–Crippen MR) is 81.6 cm³/mol. The van der Waals surface area contributed by atoms with Gasteiger partial charge in [-0.05, 0) is 42.7 Å². The van der Waals surface area contributed by atoms with Gasteiger partial charge in [-0.2, -0.15) is 0 Å². The average Bonchev–Trinajstić information content (AvgIpc) is 2.43. The molecule has 0 aromatic heterocycles. The number of hydrogen-bond acceptors (Lipinski definition) is 3. The first kappa shape index (κ1) is 15.8. The van der Waals surface area contributed by atoms with Gasteiger partial charge in [0.1, 0.15) is 11.4 Å². The number of esters is 1. The molecule has 1 saturated carbocycles. The lowest BCUT2D eigenvalue weighted by Crippen LogP contribution is -2.56. The standard InChI is InChI=1S/C17H24FNO2/c1-12-11-16(2,3)9-10-17(12,15(20)21-4)19-14-8-6-5-7-13(14)18/h5-8,12,19H,9-11H2,1-4H3. The van der Waals surface area contributed by atoms with Crippen molar-refractivity contribution in [2.24, 2.45) is 11.3 Å². The molecular weight excluding hydrogens is 269 g/mol. The van der Waals surface area contributed by atoms with Gasteiger partial charge in [0.2, 0.25) is 0 Å². The van der Waals surface area contributed by atoms with Crippen molar-refractivity contribution >= 4 is 11.7 Å². The molecule has 1 aliphatic carbocycles. The number of rotatable bonds is 3. The van der Waals surface area contributed by atoms with Crippen LogP contribution in [0, 0.1) is 17.2 Å². The summed E-state index contributed by atoms with van der Waals surface area (Å²) in [4.78, 5) is 12.4. The Morgan fingerprint density at radius 1 is 1.33 bits per heavy atom. The van der Waals surface area contributed by atoms with Crippen molar-refractivity contribution in [1.29, 1.82) is 0 Å². The van der Waals surface area contributed by atoms with Gasteiger partial charge in [-0.3, -0.25) is 0 Å². The molecule has 1 aliphatic rings. The molecule has 1 aromatic carbocycles. The zero-order valence-electron chi connectivity index (χ0n) is 13.2. The topological polar surface area (TPSA) is 38.3 Å². The predicted octanol–water partition coefficient (Wildman–Crippen LogP) is 4.00. The Bertz CT molecular complexity index is 529. The highest BCUT2D eigenvalue weighted by Gasteiger charge is 2.50. The zero-order chi connectivity index (χ0) is 15.7. The molecule has 1 N–H and O–H groups in total. The van der Waals surface area contributed by atoms with Gasteiger partial charge in [0.15, 0.2) is 0 Å². The van der Waals surface area contributed by atoms with E-state index in [0.717, 1.165) is 12.8 Å². The highest BCUT2D eigenvalue weighted by molar-refractivity contribution is 5.85. The summed E-state index contributed by atoms with van der Waals surface area (Å²) in [5.41, 5.74) is -0.310. The molecule has 0 spiro atoms. The van der Waals surface area contributed by atoms with E-state index in [1.54, 1.807) is 18.2 Å². The van der Waals surface area contributed by atoms with E-state index in [1.807, 2.05) is 6.92 Å². The summed E-state index contributed by atoms with van der Waals surface area (Å²) < 4.78 is 19.0. The molecule has 0 radical (unpaired) electrons. The lowest BCUT2D eigenvalue weighted by Gasteiger charge is -2.47. The third-order valence-corrected chi connectivity index (χ3v) is 4.68. The van der Waals surface area contributed by atoms with E-state index in [0.29, 0.717) is 12.1 Å². The van der Waals surface area contributed by atoms with Crippen molar-refractivity contribution in [3.05, 3.63) is 30.1 Å². The van der Waals surface area contributed by atoms with Crippen LogP contribution >= 0.6 is 0 Å². The smallest absolute Gasteiger partial charge is 0.331 e. The molecule has 4 heteroatoms. The highest BCUT2D eigenvalue weighted by Crippen LogP contribution is 2.46. The Morgan fingerprint density at radius 2 is 2.00 bits per heavy atom. The number of carbonyl (C=O) groups is 1. The van der Waals surface area contributed by atoms with Gasteiger partial charge in [-0.25, -0.2) is 9.18 Å². The lowest BCUT2D eigenvalue weighted by molar-refractivity contribution is -0.150. The van der Waals surface area contributed by atoms with Crippen LogP contribution in [0.1, 0.15) is 40.0 Å². The molecule has 2 atom stereocenters. The van der Waals surface area contributed by atoms with Crippen LogP contribution in [-0.4, -0.2) is 18.6 Å². The van der Waals surface area contributed by atoms with E-state index in [4.69, 9.17) is 4.74 Å². The van der Waals surface area contributed by atoms with E-state index in [-0.39, 0.29) is 23.1 Å². The molecule has 3 nitrogen and oxygen atoms in total. The second kappa shape index (κ2) is 5.66. The molecule has 1 aromatic rings. The summed E-state index contributed by atoms with van der Waals surface area (Å²) in [7, 11) is 1.39.